The molecule has 3 heterocycles. The van der Waals surface area contributed by atoms with Gasteiger partial charge in [-0.3, -0.25) is 9.78 Å². The van der Waals surface area contributed by atoms with Gasteiger partial charge in [0.1, 0.15) is 17.6 Å². The van der Waals surface area contributed by atoms with Crippen molar-refractivity contribution in [3.05, 3.63) is 106 Å². The molecule has 6 nitrogen and oxygen atoms in total. The van der Waals surface area contributed by atoms with Crippen molar-refractivity contribution >= 4 is 52.1 Å². The third-order valence-electron chi connectivity index (χ3n) is 6.31. The van der Waals surface area contributed by atoms with Crippen molar-refractivity contribution in [2.75, 3.05) is 11.9 Å². The second-order valence-electron chi connectivity index (χ2n) is 8.76. The number of nitrogens with one attached hydrogen (secondary N) is 2. The summed E-state index contributed by atoms with van der Waals surface area (Å²) in [7, 11) is 0. The Balaban J connectivity index is 1.42. The third-order valence-corrected chi connectivity index (χ3v) is 7.21. The molecule has 1 aliphatic rings. The van der Waals surface area contributed by atoms with Crippen molar-refractivity contribution in [2.24, 2.45) is 0 Å². The first-order valence-electron chi connectivity index (χ1n) is 11.8. The number of carbonyl (C=O) groups excluding carboxylic acids is 1. The average molecular weight is 551 g/mol. The van der Waals surface area contributed by atoms with Crippen LogP contribution in [0.25, 0.3) is 11.3 Å². The molecule has 0 aliphatic carbocycles. The fraction of sp³-hybridized carbons (Fsp3) is 0.179. The molecule has 2 aromatic heterocycles. The van der Waals surface area contributed by atoms with Gasteiger partial charge in [0, 0.05) is 35.4 Å². The van der Waals surface area contributed by atoms with E-state index < -0.39 is 0 Å². The van der Waals surface area contributed by atoms with E-state index in [2.05, 4.69) is 15.6 Å². The van der Waals surface area contributed by atoms with Crippen molar-refractivity contribution in [3.8, 4) is 11.3 Å². The molecule has 0 spiro atoms. The lowest BCUT2D eigenvalue weighted by Gasteiger charge is -2.26. The minimum atomic E-state index is -0.312. The summed E-state index contributed by atoms with van der Waals surface area (Å²) < 4.78 is 6.33. The zero-order valence-corrected chi connectivity index (χ0v) is 22.3. The van der Waals surface area contributed by atoms with E-state index in [1.807, 2.05) is 72.5 Å². The van der Waals surface area contributed by atoms with Gasteiger partial charge in [-0.25, -0.2) is 0 Å². The molecule has 1 fully saturated rings. The zero-order valence-electron chi connectivity index (χ0n) is 19.9. The molecular weight excluding hydrogens is 527 g/mol. The maximum absolute atomic E-state index is 12.8. The van der Waals surface area contributed by atoms with Gasteiger partial charge in [0.25, 0.3) is 0 Å². The van der Waals surface area contributed by atoms with Gasteiger partial charge in [-0.2, -0.15) is 0 Å². The van der Waals surface area contributed by atoms with Crippen LogP contribution >= 0.6 is 35.4 Å². The Labute approximate surface area is 230 Å². The Morgan fingerprint density at radius 3 is 2.68 bits per heavy atom. The zero-order chi connectivity index (χ0) is 25.9. The first-order valence-corrected chi connectivity index (χ1v) is 13.0. The number of hydrogen-bond acceptors (Lipinski definition) is 4. The molecule has 4 aromatic rings. The normalized spacial score (nSPS) is 17.1. The topological polar surface area (TPSA) is 70.4 Å². The van der Waals surface area contributed by atoms with Gasteiger partial charge < -0.3 is 20.0 Å². The largest absolute Gasteiger partial charge is 0.459 e. The van der Waals surface area contributed by atoms with Gasteiger partial charge >= 0.3 is 0 Å². The van der Waals surface area contributed by atoms with Gasteiger partial charge in [0.2, 0.25) is 5.91 Å². The summed E-state index contributed by atoms with van der Waals surface area (Å²) in [5, 5.41) is 7.96. The fourth-order valence-corrected chi connectivity index (χ4v) is 5.28. The van der Waals surface area contributed by atoms with Crippen LogP contribution in [0.4, 0.5) is 5.69 Å². The highest BCUT2D eigenvalue weighted by Crippen LogP contribution is 2.41. The van der Waals surface area contributed by atoms with Crippen molar-refractivity contribution in [1.82, 2.24) is 15.2 Å². The maximum atomic E-state index is 12.8. The number of carbonyl (C=O) groups is 1. The quantitative estimate of drug-likeness (QED) is 0.242. The van der Waals surface area contributed by atoms with Crippen molar-refractivity contribution < 1.29 is 9.21 Å². The summed E-state index contributed by atoms with van der Waals surface area (Å²) >= 11 is 18.2. The molecule has 9 heteroatoms. The third kappa shape index (κ3) is 5.49. The minimum Gasteiger partial charge on any atom is -0.459 e. The molecule has 1 saturated heterocycles. The molecule has 37 heavy (non-hydrogen) atoms. The molecule has 1 aliphatic heterocycles. The van der Waals surface area contributed by atoms with Crippen LogP contribution in [0.1, 0.15) is 35.5 Å². The summed E-state index contributed by atoms with van der Waals surface area (Å²) in [5.74, 6) is 1.21. The lowest BCUT2D eigenvalue weighted by Crippen LogP contribution is -2.32. The van der Waals surface area contributed by atoms with Gasteiger partial charge in [-0.15, -0.1) is 0 Å². The molecule has 0 bridgehead atoms. The number of aryl methyl sites for hydroxylation is 1. The van der Waals surface area contributed by atoms with Crippen LogP contribution in [0.5, 0.6) is 0 Å². The molecule has 1 amide bonds. The summed E-state index contributed by atoms with van der Waals surface area (Å²) in [6.45, 7) is 2.36. The smallest absolute Gasteiger partial charge is 0.226 e. The molecule has 2 unspecified atom stereocenters. The summed E-state index contributed by atoms with van der Waals surface area (Å²) in [6.07, 6.45) is 1.99. The van der Waals surface area contributed by atoms with Crippen LogP contribution in [0.15, 0.2) is 83.4 Å². The Kier molecular flexibility index (Phi) is 7.46. The second-order valence-corrected chi connectivity index (χ2v) is 9.99. The number of pyridine rings is 1. The van der Waals surface area contributed by atoms with Crippen LogP contribution in [0.3, 0.4) is 0 Å². The van der Waals surface area contributed by atoms with Crippen molar-refractivity contribution in [1.29, 1.82) is 0 Å². The van der Waals surface area contributed by atoms with E-state index >= 15 is 0 Å². The molecule has 188 valence electrons. The number of benzene rings is 2. The number of rotatable bonds is 7. The molecule has 2 N–H and O–H groups in total. The lowest BCUT2D eigenvalue weighted by atomic mass is 10.0. The number of amides is 1. The van der Waals surface area contributed by atoms with Crippen LogP contribution in [-0.2, 0) is 4.79 Å². The SMILES string of the molecule is Cc1ccccc1NC(=O)CCN1C(=S)NC(c2ccccn2)C1c1ccc(-c2ccc(Cl)cc2Cl)o1. The summed E-state index contributed by atoms with van der Waals surface area (Å²) in [6, 6.07) is 21.9. The number of hydrogen-bond donors (Lipinski definition) is 2. The molecule has 2 aromatic carbocycles. The van der Waals surface area contributed by atoms with E-state index in [0.717, 1.165) is 22.5 Å². The maximum Gasteiger partial charge on any atom is 0.226 e. The summed E-state index contributed by atoms with van der Waals surface area (Å²) in [4.78, 5) is 19.3. The highest BCUT2D eigenvalue weighted by Gasteiger charge is 2.41. The predicted molar refractivity (Wildman–Crippen MR) is 151 cm³/mol. The number of furan rings is 1. The standard InChI is InChI=1S/C28H24Cl2N4O2S/c1-17-6-2-3-7-21(17)32-25(35)13-15-34-27(26(33-28(34)37)22-8-4-5-14-31-22)24-12-11-23(36-24)19-10-9-18(29)16-20(19)30/h2-12,14,16,26-27H,13,15H2,1H3,(H,32,35)(H,33,37). The van der Waals surface area contributed by atoms with E-state index in [9.17, 15) is 4.79 Å². The van der Waals surface area contributed by atoms with Crippen LogP contribution in [-0.4, -0.2) is 27.4 Å². The highest BCUT2D eigenvalue weighted by atomic mass is 35.5. The van der Waals surface area contributed by atoms with Crippen LogP contribution < -0.4 is 10.6 Å². The lowest BCUT2D eigenvalue weighted by molar-refractivity contribution is -0.116. The van der Waals surface area contributed by atoms with Crippen molar-refractivity contribution in [2.45, 2.75) is 25.4 Å². The summed E-state index contributed by atoms with van der Waals surface area (Å²) in [5.41, 5.74) is 3.37. The van der Waals surface area contributed by atoms with Gasteiger partial charge in [0.05, 0.1) is 16.8 Å². The van der Waals surface area contributed by atoms with Crippen LogP contribution in [0, 0.1) is 6.92 Å². The number of para-hydroxylation sites is 1. The average Bonchev–Trinajstić information content (AvgIpc) is 3.49. The fourth-order valence-electron chi connectivity index (χ4n) is 4.45. The minimum absolute atomic E-state index is 0.0924. The number of halogens is 2. The van der Waals surface area contributed by atoms with Gasteiger partial charge in [-0.05, 0) is 73.2 Å². The molecular formula is C28H24Cl2N4O2S. The van der Waals surface area contributed by atoms with E-state index in [0.29, 0.717) is 33.2 Å². The van der Waals surface area contributed by atoms with Gasteiger partial charge in [-0.1, -0.05) is 47.5 Å². The number of thiocarbonyl (C=S) groups is 1. The molecule has 5 rings (SSSR count). The Morgan fingerprint density at radius 1 is 1.11 bits per heavy atom. The predicted octanol–water partition coefficient (Wildman–Crippen LogP) is 6.96. The van der Waals surface area contributed by atoms with E-state index in [4.69, 9.17) is 39.8 Å². The Hall–Kier alpha value is -3.39. The monoisotopic (exact) mass is 550 g/mol. The Morgan fingerprint density at radius 2 is 1.92 bits per heavy atom. The van der Waals surface area contributed by atoms with E-state index in [1.54, 1.807) is 18.3 Å². The van der Waals surface area contributed by atoms with E-state index in [-0.39, 0.29) is 24.4 Å². The molecule has 2 atom stereocenters. The number of anilines is 1. The highest BCUT2D eigenvalue weighted by molar-refractivity contribution is 7.80. The first-order chi connectivity index (χ1) is 17.9. The van der Waals surface area contributed by atoms with E-state index in [1.165, 1.54) is 0 Å². The molecule has 0 saturated carbocycles. The molecule has 0 radical (unpaired) electrons. The number of aromatic nitrogens is 1. The van der Waals surface area contributed by atoms with Gasteiger partial charge in [0.15, 0.2) is 5.11 Å². The van der Waals surface area contributed by atoms with Crippen LogP contribution in [0.2, 0.25) is 10.0 Å². The Bertz CT molecular complexity index is 1440. The van der Waals surface area contributed by atoms with Crippen molar-refractivity contribution in [3.63, 3.8) is 0 Å². The number of nitrogens with zero attached hydrogens (tertiary/aromatic N) is 2. The first kappa shape index (κ1) is 25.3. The second kappa shape index (κ2) is 10.9.